The van der Waals surface area contributed by atoms with Crippen LogP contribution in [0.4, 0.5) is 5.95 Å². The SMILES string of the molecule is Cc1cc(CN)nc(N2CCCC(C)C2)n1. The first-order chi connectivity index (χ1) is 7.69. The molecule has 0 aromatic carbocycles. The molecular formula is C12H20N4. The van der Waals surface area contributed by atoms with E-state index in [0.29, 0.717) is 6.54 Å². The molecule has 2 N–H and O–H groups in total. The Bertz CT molecular complexity index is 364. The summed E-state index contributed by atoms with van der Waals surface area (Å²) in [6.07, 6.45) is 2.54. The van der Waals surface area contributed by atoms with Crippen LogP contribution in [0.15, 0.2) is 6.07 Å². The first-order valence-corrected chi connectivity index (χ1v) is 5.98. The van der Waals surface area contributed by atoms with E-state index in [1.165, 1.54) is 12.8 Å². The van der Waals surface area contributed by atoms with Crippen molar-refractivity contribution in [2.75, 3.05) is 18.0 Å². The Labute approximate surface area is 96.9 Å². The molecule has 0 saturated carbocycles. The van der Waals surface area contributed by atoms with Crippen molar-refractivity contribution < 1.29 is 0 Å². The van der Waals surface area contributed by atoms with Gasteiger partial charge in [0.1, 0.15) is 0 Å². The van der Waals surface area contributed by atoms with Crippen molar-refractivity contribution in [3.8, 4) is 0 Å². The van der Waals surface area contributed by atoms with Crippen molar-refractivity contribution in [2.45, 2.75) is 33.2 Å². The van der Waals surface area contributed by atoms with E-state index in [1.807, 2.05) is 13.0 Å². The Balaban J connectivity index is 2.21. The van der Waals surface area contributed by atoms with Crippen LogP contribution in [-0.4, -0.2) is 23.1 Å². The lowest BCUT2D eigenvalue weighted by Crippen LogP contribution is -2.35. The molecule has 1 saturated heterocycles. The fraction of sp³-hybridized carbons (Fsp3) is 0.667. The smallest absolute Gasteiger partial charge is 0.225 e. The topological polar surface area (TPSA) is 55.0 Å². The highest BCUT2D eigenvalue weighted by molar-refractivity contribution is 5.33. The van der Waals surface area contributed by atoms with Crippen molar-refractivity contribution in [1.82, 2.24) is 9.97 Å². The van der Waals surface area contributed by atoms with Gasteiger partial charge in [-0.2, -0.15) is 0 Å². The van der Waals surface area contributed by atoms with Gasteiger partial charge in [0.05, 0.1) is 5.69 Å². The Morgan fingerprint density at radius 2 is 2.31 bits per heavy atom. The second-order valence-electron chi connectivity index (χ2n) is 4.70. The van der Waals surface area contributed by atoms with E-state index in [1.54, 1.807) is 0 Å². The number of aryl methyl sites for hydroxylation is 1. The average Bonchev–Trinajstić information content (AvgIpc) is 2.28. The van der Waals surface area contributed by atoms with Crippen LogP contribution in [0.2, 0.25) is 0 Å². The fourth-order valence-corrected chi connectivity index (χ4v) is 2.23. The number of aromatic nitrogens is 2. The summed E-state index contributed by atoms with van der Waals surface area (Å²) in [5.74, 6) is 1.59. The van der Waals surface area contributed by atoms with E-state index < -0.39 is 0 Å². The minimum absolute atomic E-state index is 0.486. The normalized spacial score (nSPS) is 21.2. The van der Waals surface area contributed by atoms with Crippen LogP contribution < -0.4 is 10.6 Å². The molecule has 0 bridgehead atoms. The zero-order chi connectivity index (χ0) is 11.5. The Morgan fingerprint density at radius 3 is 3.00 bits per heavy atom. The molecule has 2 rings (SSSR count). The van der Waals surface area contributed by atoms with Crippen molar-refractivity contribution in [2.24, 2.45) is 11.7 Å². The monoisotopic (exact) mass is 220 g/mol. The molecule has 1 aromatic rings. The molecule has 2 heterocycles. The molecule has 1 aromatic heterocycles. The van der Waals surface area contributed by atoms with Crippen LogP contribution in [0.5, 0.6) is 0 Å². The van der Waals surface area contributed by atoms with Crippen molar-refractivity contribution in [1.29, 1.82) is 0 Å². The molecule has 4 nitrogen and oxygen atoms in total. The summed E-state index contributed by atoms with van der Waals surface area (Å²) in [5, 5.41) is 0. The molecule has 1 atom stereocenters. The lowest BCUT2D eigenvalue weighted by Gasteiger charge is -2.31. The van der Waals surface area contributed by atoms with Crippen LogP contribution in [0, 0.1) is 12.8 Å². The van der Waals surface area contributed by atoms with Crippen LogP contribution in [-0.2, 0) is 6.54 Å². The number of nitrogens with two attached hydrogens (primary N) is 1. The molecule has 1 aliphatic heterocycles. The lowest BCUT2D eigenvalue weighted by molar-refractivity contribution is 0.441. The molecule has 1 aliphatic rings. The molecule has 1 fully saturated rings. The second kappa shape index (κ2) is 4.78. The first kappa shape index (κ1) is 11.3. The average molecular weight is 220 g/mol. The number of nitrogens with zero attached hydrogens (tertiary/aromatic N) is 3. The first-order valence-electron chi connectivity index (χ1n) is 5.98. The molecule has 1 unspecified atom stereocenters. The van der Waals surface area contributed by atoms with Gasteiger partial charge >= 0.3 is 0 Å². The summed E-state index contributed by atoms with van der Waals surface area (Å²) in [7, 11) is 0. The van der Waals surface area contributed by atoms with E-state index in [4.69, 9.17) is 5.73 Å². The Morgan fingerprint density at radius 1 is 1.50 bits per heavy atom. The summed E-state index contributed by atoms with van der Waals surface area (Å²) < 4.78 is 0. The maximum absolute atomic E-state index is 5.64. The van der Waals surface area contributed by atoms with E-state index in [0.717, 1.165) is 36.3 Å². The lowest BCUT2D eigenvalue weighted by atomic mass is 10.0. The standard InChI is InChI=1S/C12H20N4/c1-9-4-3-5-16(8-9)12-14-10(2)6-11(7-13)15-12/h6,9H,3-5,7-8,13H2,1-2H3. The number of rotatable bonds is 2. The van der Waals surface area contributed by atoms with E-state index in [9.17, 15) is 0 Å². The summed E-state index contributed by atoms with van der Waals surface area (Å²) in [6.45, 7) is 6.90. The second-order valence-corrected chi connectivity index (χ2v) is 4.70. The minimum atomic E-state index is 0.486. The van der Waals surface area contributed by atoms with E-state index in [2.05, 4.69) is 21.8 Å². The number of anilines is 1. The molecule has 4 heteroatoms. The highest BCUT2D eigenvalue weighted by Gasteiger charge is 2.18. The quantitative estimate of drug-likeness (QED) is 0.820. The highest BCUT2D eigenvalue weighted by Crippen LogP contribution is 2.20. The van der Waals surface area contributed by atoms with Gasteiger partial charge in [-0.25, -0.2) is 9.97 Å². The third-order valence-corrected chi connectivity index (χ3v) is 3.04. The van der Waals surface area contributed by atoms with Gasteiger partial charge < -0.3 is 10.6 Å². The predicted molar refractivity (Wildman–Crippen MR) is 65.3 cm³/mol. The van der Waals surface area contributed by atoms with Gasteiger partial charge in [0.2, 0.25) is 5.95 Å². The van der Waals surface area contributed by atoms with Crippen LogP contribution in [0.25, 0.3) is 0 Å². The largest absolute Gasteiger partial charge is 0.341 e. The number of hydrogen-bond donors (Lipinski definition) is 1. The van der Waals surface area contributed by atoms with E-state index in [-0.39, 0.29) is 0 Å². The van der Waals surface area contributed by atoms with Gasteiger partial charge in [0, 0.05) is 25.3 Å². The van der Waals surface area contributed by atoms with Gasteiger partial charge in [-0.3, -0.25) is 0 Å². The maximum atomic E-state index is 5.64. The Kier molecular flexibility index (Phi) is 3.39. The maximum Gasteiger partial charge on any atom is 0.225 e. The summed E-state index contributed by atoms with van der Waals surface area (Å²) in [5.41, 5.74) is 7.57. The Hall–Kier alpha value is -1.16. The van der Waals surface area contributed by atoms with Gasteiger partial charge in [0.15, 0.2) is 0 Å². The van der Waals surface area contributed by atoms with Gasteiger partial charge in [-0.15, -0.1) is 0 Å². The number of piperidine rings is 1. The van der Waals surface area contributed by atoms with Gasteiger partial charge in [-0.1, -0.05) is 6.92 Å². The minimum Gasteiger partial charge on any atom is -0.341 e. The molecule has 0 spiro atoms. The van der Waals surface area contributed by atoms with Crippen LogP contribution >= 0.6 is 0 Å². The number of hydrogen-bond acceptors (Lipinski definition) is 4. The van der Waals surface area contributed by atoms with E-state index >= 15 is 0 Å². The zero-order valence-corrected chi connectivity index (χ0v) is 10.1. The molecular weight excluding hydrogens is 200 g/mol. The van der Waals surface area contributed by atoms with Crippen molar-refractivity contribution in [3.63, 3.8) is 0 Å². The molecule has 88 valence electrons. The van der Waals surface area contributed by atoms with Crippen molar-refractivity contribution >= 4 is 5.95 Å². The highest BCUT2D eigenvalue weighted by atomic mass is 15.3. The predicted octanol–water partition coefficient (Wildman–Crippen LogP) is 1.48. The fourth-order valence-electron chi connectivity index (χ4n) is 2.23. The summed E-state index contributed by atoms with van der Waals surface area (Å²) >= 11 is 0. The van der Waals surface area contributed by atoms with Crippen LogP contribution in [0.3, 0.4) is 0 Å². The molecule has 0 aliphatic carbocycles. The molecule has 0 radical (unpaired) electrons. The van der Waals surface area contributed by atoms with Gasteiger partial charge in [0.25, 0.3) is 0 Å². The van der Waals surface area contributed by atoms with Crippen LogP contribution in [0.1, 0.15) is 31.2 Å². The molecule has 16 heavy (non-hydrogen) atoms. The summed E-state index contributed by atoms with van der Waals surface area (Å²) in [4.78, 5) is 11.3. The molecule has 0 amide bonds. The third kappa shape index (κ3) is 2.50. The zero-order valence-electron chi connectivity index (χ0n) is 10.1. The summed E-state index contributed by atoms with van der Waals surface area (Å²) in [6, 6.07) is 1.96. The van der Waals surface area contributed by atoms with Gasteiger partial charge in [-0.05, 0) is 31.7 Å². The third-order valence-electron chi connectivity index (χ3n) is 3.04. The van der Waals surface area contributed by atoms with Crippen molar-refractivity contribution in [3.05, 3.63) is 17.5 Å².